The number of hydrogen-bond acceptors (Lipinski definition) is 3. The number of pyridine rings is 1. The minimum Gasteiger partial charge on any atom is -0.305 e. The fourth-order valence-corrected chi connectivity index (χ4v) is 2.95. The van der Waals surface area contributed by atoms with Gasteiger partial charge in [-0.2, -0.15) is 0 Å². The molecule has 84 valence electrons. The molecule has 1 saturated carbocycles. The highest BCUT2D eigenvalue weighted by Gasteiger charge is 2.52. The fraction of sp³-hybridized carbons (Fsp3) is 0.500. The molecule has 0 aromatic carbocycles. The monoisotopic (exact) mass is 236 g/mol. The maximum absolute atomic E-state index is 12.3. The van der Waals surface area contributed by atoms with Crippen molar-refractivity contribution in [2.45, 2.75) is 24.8 Å². The van der Waals surface area contributed by atoms with Gasteiger partial charge in [0.25, 0.3) is 0 Å². The van der Waals surface area contributed by atoms with Gasteiger partial charge in [-0.15, -0.1) is 0 Å². The quantitative estimate of drug-likeness (QED) is 0.631. The molecule has 0 unspecified atom stereocenters. The molecule has 0 atom stereocenters. The van der Waals surface area contributed by atoms with Crippen LogP contribution in [0.25, 0.3) is 0 Å². The van der Waals surface area contributed by atoms with Crippen LogP contribution in [0.5, 0.6) is 0 Å². The predicted octanol–water partition coefficient (Wildman–Crippen LogP) is 2.06. The van der Waals surface area contributed by atoms with Crippen molar-refractivity contribution >= 4 is 17.4 Å². The van der Waals surface area contributed by atoms with Crippen LogP contribution in [-0.4, -0.2) is 22.9 Å². The van der Waals surface area contributed by atoms with E-state index in [1.165, 1.54) is 6.42 Å². The van der Waals surface area contributed by atoms with Gasteiger partial charge in [0, 0.05) is 11.8 Å². The average Bonchev–Trinajstić information content (AvgIpc) is 2.29. The third-order valence-corrected chi connectivity index (χ3v) is 3.94. The summed E-state index contributed by atoms with van der Waals surface area (Å²) in [6, 6.07) is 3.43. The molecular weight excluding hydrogens is 224 g/mol. The number of rotatable bonds is 2. The van der Waals surface area contributed by atoms with Gasteiger partial charge in [-0.25, -0.2) is 4.98 Å². The third-order valence-electron chi connectivity index (χ3n) is 3.71. The lowest BCUT2D eigenvalue weighted by molar-refractivity contribution is 0.0391. The van der Waals surface area contributed by atoms with Crippen LogP contribution in [0, 0.1) is 5.92 Å². The van der Waals surface area contributed by atoms with Crippen molar-refractivity contribution in [3.63, 3.8) is 0 Å². The van der Waals surface area contributed by atoms with E-state index in [-0.39, 0.29) is 11.3 Å². The number of aromatic nitrogens is 1. The highest BCUT2D eigenvalue weighted by atomic mass is 35.5. The van der Waals surface area contributed by atoms with Crippen molar-refractivity contribution in [3.05, 3.63) is 29.0 Å². The Morgan fingerprint density at radius 1 is 1.50 bits per heavy atom. The van der Waals surface area contributed by atoms with Crippen LogP contribution in [0.4, 0.5) is 0 Å². The SMILES string of the molecule is O=C(c1ccc(Cl)nc1)C12CC(CCN1)C2. The molecule has 4 rings (SSSR count). The van der Waals surface area contributed by atoms with Gasteiger partial charge in [-0.1, -0.05) is 11.6 Å². The van der Waals surface area contributed by atoms with Gasteiger partial charge in [0.2, 0.25) is 0 Å². The van der Waals surface area contributed by atoms with E-state index in [0.717, 1.165) is 25.3 Å². The summed E-state index contributed by atoms with van der Waals surface area (Å²) in [5.74, 6) is 0.915. The molecule has 3 aliphatic rings. The lowest BCUT2D eigenvalue weighted by atomic mass is 9.61. The maximum atomic E-state index is 12.3. The first kappa shape index (κ1) is 10.2. The number of carbonyl (C=O) groups is 1. The lowest BCUT2D eigenvalue weighted by Crippen LogP contribution is -2.65. The van der Waals surface area contributed by atoms with Gasteiger partial charge in [0.15, 0.2) is 5.78 Å². The van der Waals surface area contributed by atoms with Crippen LogP contribution in [0.3, 0.4) is 0 Å². The number of fused-ring (bicyclic) bond motifs is 2. The van der Waals surface area contributed by atoms with Gasteiger partial charge in [0.1, 0.15) is 5.15 Å². The van der Waals surface area contributed by atoms with Gasteiger partial charge >= 0.3 is 0 Å². The summed E-state index contributed by atoms with van der Waals surface area (Å²) in [5.41, 5.74) is 0.371. The Morgan fingerprint density at radius 3 is 2.88 bits per heavy atom. The molecule has 0 radical (unpaired) electrons. The second-order valence-corrected chi connectivity index (χ2v) is 5.16. The Kier molecular flexibility index (Phi) is 2.26. The Bertz CT molecular complexity index is 418. The summed E-state index contributed by atoms with van der Waals surface area (Å²) in [5, 5.41) is 3.79. The lowest BCUT2D eigenvalue weighted by Gasteiger charge is -2.51. The van der Waals surface area contributed by atoms with E-state index in [1.807, 2.05) is 0 Å². The smallest absolute Gasteiger partial charge is 0.184 e. The first-order valence-corrected chi connectivity index (χ1v) is 5.99. The fourth-order valence-electron chi connectivity index (χ4n) is 2.84. The molecule has 0 spiro atoms. The van der Waals surface area contributed by atoms with Gasteiger partial charge in [-0.3, -0.25) is 4.79 Å². The molecule has 3 nitrogen and oxygen atoms in total. The zero-order valence-corrected chi connectivity index (χ0v) is 9.63. The van der Waals surface area contributed by atoms with E-state index in [4.69, 9.17) is 11.6 Å². The Labute approximate surface area is 99.2 Å². The number of nitrogens with one attached hydrogen (secondary N) is 1. The molecular formula is C12H13ClN2O. The zero-order valence-electron chi connectivity index (χ0n) is 8.87. The van der Waals surface area contributed by atoms with Gasteiger partial charge in [-0.05, 0) is 43.9 Å². The highest BCUT2D eigenvalue weighted by molar-refractivity contribution is 6.29. The van der Waals surface area contributed by atoms with Crippen molar-refractivity contribution in [1.29, 1.82) is 0 Å². The number of carbonyl (C=O) groups excluding carboxylic acids is 1. The second kappa shape index (κ2) is 3.54. The van der Waals surface area contributed by atoms with Crippen molar-refractivity contribution in [3.8, 4) is 0 Å². The standard InChI is InChI=1S/C12H13ClN2O/c13-10-2-1-9(7-14-10)11(16)12-5-8(6-12)3-4-15-12/h1-2,7-8,15H,3-6H2. The summed E-state index contributed by atoms with van der Waals surface area (Å²) in [6.45, 7) is 0.956. The van der Waals surface area contributed by atoms with Crippen LogP contribution in [0.1, 0.15) is 29.6 Å². The molecule has 1 N–H and O–H groups in total. The van der Waals surface area contributed by atoms with Crippen LogP contribution < -0.4 is 5.32 Å². The highest BCUT2D eigenvalue weighted by Crippen LogP contribution is 2.44. The topological polar surface area (TPSA) is 42.0 Å². The first-order valence-electron chi connectivity index (χ1n) is 5.61. The molecule has 0 amide bonds. The van der Waals surface area contributed by atoms with E-state index < -0.39 is 0 Å². The van der Waals surface area contributed by atoms with Crippen molar-refractivity contribution in [2.75, 3.05) is 6.54 Å². The zero-order chi connectivity index (χ0) is 11.2. The first-order chi connectivity index (χ1) is 7.70. The molecule has 3 heterocycles. The Morgan fingerprint density at radius 2 is 2.31 bits per heavy atom. The average molecular weight is 237 g/mol. The molecule has 3 fully saturated rings. The predicted molar refractivity (Wildman–Crippen MR) is 61.7 cm³/mol. The number of ketones is 1. The number of hydrogen-bond donors (Lipinski definition) is 1. The van der Waals surface area contributed by atoms with Crippen molar-refractivity contribution in [1.82, 2.24) is 10.3 Å². The van der Waals surface area contributed by atoms with Gasteiger partial charge in [0.05, 0.1) is 5.54 Å². The summed E-state index contributed by atoms with van der Waals surface area (Å²) in [6.07, 6.45) is 4.74. The number of piperidine rings is 2. The van der Waals surface area contributed by atoms with E-state index in [0.29, 0.717) is 10.7 Å². The van der Waals surface area contributed by atoms with E-state index in [9.17, 15) is 4.79 Å². The number of Topliss-reactive ketones (excluding diaryl/α,β-unsaturated/α-hetero) is 1. The largest absolute Gasteiger partial charge is 0.305 e. The Hall–Kier alpha value is -0.930. The van der Waals surface area contributed by atoms with E-state index in [1.54, 1.807) is 18.3 Å². The van der Waals surface area contributed by atoms with Crippen LogP contribution in [0.2, 0.25) is 5.15 Å². The minimum absolute atomic E-state index is 0.174. The molecule has 1 aromatic rings. The summed E-state index contributed by atoms with van der Waals surface area (Å²) < 4.78 is 0. The van der Waals surface area contributed by atoms with E-state index >= 15 is 0 Å². The van der Waals surface area contributed by atoms with Gasteiger partial charge < -0.3 is 5.32 Å². The molecule has 2 saturated heterocycles. The van der Waals surface area contributed by atoms with Crippen LogP contribution in [0.15, 0.2) is 18.3 Å². The number of nitrogens with zero attached hydrogens (tertiary/aromatic N) is 1. The molecule has 16 heavy (non-hydrogen) atoms. The maximum Gasteiger partial charge on any atom is 0.184 e. The molecule has 2 bridgehead atoms. The molecule has 2 aliphatic heterocycles. The summed E-state index contributed by atoms with van der Waals surface area (Å²) >= 11 is 5.71. The van der Waals surface area contributed by atoms with Crippen molar-refractivity contribution < 1.29 is 4.79 Å². The molecule has 4 heteroatoms. The third kappa shape index (κ3) is 1.46. The molecule has 1 aliphatic carbocycles. The van der Waals surface area contributed by atoms with E-state index in [2.05, 4.69) is 10.3 Å². The van der Waals surface area contributed by atoms with Crippen LogP contribution in [-0.2, 0) is 0 Å². The molecule has 1 aromatic heterocycles. The number of halogens is 1. The normalized spacial score (nSPS) is 31.9. The second-order valence-electron chi connectivity index (χ2n) is 4.77. The summed E-state index contributed by atoms with van der Waals surface area (Å²) in [4.78, 5) is 16.3. The van der Waals surface area contributed by atoms with Crippen molar-refractivity contribution in [2.24, 2.45) is 5.92 Å². The summed E-state index contributed by atoms with van der Waals surface area (Å²) in [7, 11) is 0. The Balaban J connectivity index is 1.85. The van der Waals surface area contributed by atoms with Crippen LogP contribution >= 0.6 is 11.6 Å². The minimum atomic E-state index is -0.293.